The number of methoxy groups -OCH3 is 1. The molecule has 2 aromatic carbocycles. The molecule has 5 heteroatoms. The molecule has 0 fully saturated rings. The Hall–Kier alpha value is -2.95. The fraction of sp³-hybridized carbons (Fsp3) is 0.118. The van der Waals surface area contributed by atoms with Crippen molar-refractivity contribution in [1.29, 1.82) is 0 Å². The Morgan fingerprint density at radius 2 is 1.82 bits per heavy atom. The zero-order chi connectivity index (χ0) is 15.9. The lowest BCUT2D eigenvalue weighted by atomic mass is 10.0. The summed E-state index contributed by atoms with van der Waals surface area (Å²) in [6.45, 7) is 1.92. The molecule has 0 spiro atoms. The van der Waals surface area contributed by atoms with E-state index >= 15 is 0 Å². The second-order valence-corrected chi connectivity index (χ2v) is 5.20. The summed E-state index contributed by atoms with van der Waals surface area (Å²) in [5.41, 5.74) is 16.3. The van der Waals surface area contributed by atoms with Crippen LogP contribution in [0.2, 0.25) is 0 Å². The van der Waals surface area contributed by atoms with E-state index in [1.807, 2.05) is 25.1 Å². The van der Waals surface area contributed by atoms with Crippen molar-refractivity contribution in [3.05, 3.63) is 42.1 Å². The van der Waals surface area contributed by atoms with Crippen LogP contribution in [0.15, 0.2) is 36.5 Å². The summed E-state index contributed by atoms with van der Waals surface area (Å²) in [5, 5.41) is 10.8. The van der Waals surface area contributed by atoms with Crippen LogP contribution in [0.3, 0.4) is 0 Å². The van der Waals surface area contributed by atoms with Gasteiger partial charge < -0.3 is 21.3 Å². The van der Waals surface area contributed by atoms with Crippen LogP contribution in [0.5, 0.6) is 11.5 Å². The van der Waals surface area contributed by atoms with Crippen LogP contribution >= 0.6 is 0 Å². The molecule has 0 unspecified atom stereocenters. The second kappa shape index (κ2) is 5.11. The molecule has 0 aliphatic carbocycles. The molecule has 0 aliphatic rings. The molecular weight excluding hydrogens is 278 g/mol. The third-order valence-electron chi connectivity index (χ3n) is 3.78. The fourth-order valence-corrected chi connectivity index (χ4v) is 2.44. The first-order valence-corrected chi connectivity index (χ1v) is 6.83. The molecule has 0 saturated carbocycles. The van der Waals surface area contributed by atoms with Crippen LogP contribution in [0, 0.1) is 6.92 Å². The van der Waals surface area contributed by atoms with Gasteiger partial charge in [0.2, 0.25) is 0 Å². The van der Waals surface area contributed by atoms with Crippen molar-refractivity contribution >= 4 is 22.3 Å². The van der Waals surface area contributed by atoms with Crippen molar-refractivity contribution in [3.63, 3.8) is 0 Å². The van der Waals surface area contributed by atoms with Gasteiger partial charge in [-0.1, -0.05) is 6.07 Å². The number of phenols is 1. The minimum absolute atomic E-state index is 0.00946. The highest BCUT2D eigenvalue weighted by Gasteiger charge is 2.11. The molecule has 0 saturated heterocycles. The van der Waals surface area contributed by atoms with Crippen LogP contribution in [0.1, 0.15) is 5.56 Å². The number of fused-ring (bicyclic) bond motifs is 1. The summed E-state index contributed by atoms with van der Waals surface area (Å²) in [6.07, 6.45) is 1.76. The van der Waals surface area contributed by atoms with Gasteiger partial charge in [-0.3, -0.25) is 4.98 Å². The molecule has 22 heavy (non-hydrogen) atoms. The largest absolute Gasteiger partial charge is 0.506 e. The van der Waals surface area contributed by atoms with E-state index in [2.05, 4.69) is 4.98 Å². The first-order valence-electron chi connectivity index (χ1n) is 6.83. The monoisotopic (exact) mass is 295 g/mol. The number of anilines is 2. The number of pyridine rings is 1. The van der Waals surface area contributed by atoms with E-state index in [-0.39, 0.29) is 11.4 Å². The highest BCUT2D eigenvalue weighted by molar-refractivity contribution is 5.94. The number of benzene rings is 2. The van der Waals surface area contributed by atoms with Gasteiger partial charge in [-0.25, -0.2) is 0 Å². The number of aromatic nitrogens is 1. The van der Waals surface area contributed by atoms with Gasteiger partial charge in [-0.15, -0.1) is 0 Å². The first kappa shape index (κ1) is 14.0. The number of ether oxygens (including phenoxy) is 1. The zero-order valence-electron chi connectivity index (χ0n) is 12.4. The molecule has 5 nitrogen and oxygen atoms in total. The maximum atomic E-state index is 9.94. The molecule has 1 aromatic heterocycles. The van der Waals surface area contributed by atoms with E-state index in [9.17, 15) is 5.11 Å². The van der Waals surface area contributed by atoms with Crippen molar-refractivity contribution in [1.82, 2.24) is 4.98 Å². The highest BCUT2D eigenvalue weighted by Crippen LogP contribution is 2.37. The summed E-state index contributed by atoms with van der Waals surface area (Å²) < 4.78 is 5.20. The van der Waals surface area contributed by atoms with Gasteiger partial charge in [-0.05, 0) is 47.9 Å². The number of aryl methyl sites for hydroxylation is 1. The molecule has 0 amide bonds. The Bertz CT molecular complexity index is 875. The lowest BCUT2D eigenvalue weighted by Crippen LogP contribution is -1.95. The number of aromatic hydroxyl groups is 1. The van der Waals surface area contributed by atoms with Crippen molar-refractivity contribution in [2.24, 2.45) is 0 Å². The average molecular weight is 295 g/mol. The Morgan fingerprint density at radius 1 is 1.05 bits per heavy atom. The first-order chi connectivity index (χ1) is 10.5. The summed E-state index contributed by atoms with van der Waals surface area (Å²) in [7, 11) is 1.51. The maximum absolute atomic E-state index is 9.94. The summed E-state index contributed by atoms with van der Waals surface area (Å²) in [5.74, 6) is 0.426. The average Bonchev–Trinajstić information content (AvgIpc) is 2.53. The summed E-state index contributed by atoms with van der Waals surface area (Å²) in [4.78, 5) is 4.37. The third-order valence-corrected chi connectivity index (χ3v) is 3.78. The Kier molecular flexibility index (Phi) is 3.25. The zero-order valence-corrected chi connectivity index (χ0v) is 12.4. The molecule has 3 aromatic rings. The molecule has 0 radical (unpaired) electrons. The number of rotatable bonds is 2. The SMILES string of the molecule is COc1cc(-c2ccc3ncc(C)c(N)c3c2)cc(O)c1N. The Labute approximate surface area is 128 Å². The lowest BCUT2D eigenvalue weighted by Gasteiger charge is -2.11. The minimum Gasteiger partial charge on any atom is -0.506 e. The number of phenolic OH excluding ortho intramolecular Hbond substituents is 1. The number of nitrogens with two attached hydrogens (primary N) is 2. The predicted octanol–water partition coefficient (Wildman–Crippen LogP) is 3.09. The molecule has 5 N–H and O–H groups in total. The van der Waals surface area contributed by atoms with Crippen molar-refractivity contribution in [2.45, 2.75) is 6.92 Å². The van der Waals surface area contributed by atoms with Crippen LogP contribution in [0.25, 0.3) is 22.0 Å². The normalized spacial score (nSPS) is 10.8. The number of hydrogen-bond donors (Lipinski definition) is 3. The lowest BCUT2D eigenvalue weighted by molar-refractivity contribution is 0.411. The van der Waals surface area contributed by atoms with Gasteiger partial charge in [0.05, 0.1) is 12.6 Å². The van der Waals surface area contributed by atoms with Crippen molar-refractivity contribution in [2.75, 3.05) is 18.6 Å². The summed E-state index contributed by atoms with van der Waals surface area (Å²) >= 11 is 0. The number of hydrogen-bond acceptors (Lipinski definition) is 5. The van der Waals surface area contributed by atoms with Gasteiger partial charge in [-0.2, -0.15) is 0 Å². The van der Waals surface area contributed by atoms with E-state index in [0.717, 1.165) is 27.6 Å². The highest BCUT2D eigenvalue weighted by atomic mass is 16.5. The quantitative estimate of drug-likeness (QED) is 0.499. The predicted molar refractivity (Wildman–Crippen MR) is 89.0 cm³/mol. The molecule has 0 aliphatic heterocycles. The molecule has 1 heterocycles. The van der Waals surface area contributed by atoms with Crippen LogP contribution < -0.4 is 16.2 Å². The molecule has 0 atom stereocenters. The molecule has 0 bridgehead atoms. The van der Waals surface area contributed by atoms with Crippen molar-refractivity contribution in [3.8, 4) is 22.6 Å². The topological polar surface area (TPSA) is 94.4 Å². The maximum Gasteiger partial charge on any atom is 0.146 e. The molecule has 112 valence electrons. The van der Waals surface area contributed by atoms with Gasteiger partial charge in [0, 0.05) is 17.3 Å². The van der Waals surface area contributed by atoms with Crippen LogP contribution in [-0.2, 0) is 0 Å². The van der Waals surface area contributed by atoms with E-state index in [4.69, 9.17) is 16.2 Å². The van der Waals surface area contributed by atoms with E-state index in [1.54, 1.807) is 18.3 Å². The Balaban J connectivity index is 2.22. The van der Waals surface area contributed by atoms with E-state index in [1.165, 1.54) is 7.11 Å². The summed E-state index contributed by atoms with van der Waals surface area (Å²) in [6, 6.07) is 9.18. The molecular formula is C17H17N3O2. The van der Waals surface area contributed by atoms with E-state index in [0.29, 0.717) is 11.4 Å². The third kappa shape index (κ3) is 2.16. The van der Waals surface area contributed by atoms with Gasteiger partial charge in [0.1, 0.15) is 17.2 Å². The molecule has 3 rings (SSSR count). The van der Waals surface area contributed by atoms with Crippen molar-refractivity contribution < 1.29 is 9.84 Å². The fourth-order valence-electron chi connectivity index (χ4n) is 2.44. The van der Waals surface area contributed by atoms with Gasteiger partial charge in [0.15, 0.2) is 0 Å². The minimum atomic E-state index is -0.00946. The van der Waals surface area contributed by atoms with Gasteiger partial charge in [0.25, 0.3) is 0 Å². The van der Waals surface area contributed by atoms with Crippen LogP contribution in [-0.4, -0.2) is 17.2 Å². The van der Waals surface area contributed by atoms with E-state index < -0.39 is 0 Å². The van der Waals surface area contributed by atoms with Crippen LogP contribution in [0.4, 0.5) is 11.4 Å². The Morgan fingerprint density at radius 3 is 2.55 bits per heavy atom. The smallest absolute Gasteiger partial charge is 0.146 e. The standard InChI is InChI=1S/C17H17N3O2/c1-9-8-20-13-4-3-10(5-12(13)16(9)18)11-6-14(21)17(19)15(7-11)22-2/h3-8,21H,19H2,1-2H3,(H2,18,20). The second-order valence-electron chi connectivity index (χ2n) is 5.20. The number of nitrogens with zero attached hydrogens (tertiary/aromatic N) is 1. The van der Waals surface area contributed by atoms with Gasteiger partial charge >= 0.3 is 0 Å². The number of nitrogen functional groups attached to an aromatic ring is 2.